The molecule has 0 unspecified atom stereocenters. The van der Waals surface area contributed by atoms with Crippen molar-refractivity contribution in [3.63, 3.8) is 0 Å². The summed E-state index contributed by atoms with van der Waals surface area (Å²) in [5, 5.41) is 0. The van der Waals surface area contributed by atoms with Gasteiger partial charge < -0.3 is 9.30 Å². The molecule has 0 aliphatic rings. The van der Waals surface area contributed by atoms with Crippen LogP contribution in [0.3, 0.4) is 0 Å². The van der Waals surface area contributed by atoms with Gasteiger partial charge in [-0.1, -0.05) is 66.7 Å². The molecule has 0 saturated carbocycles. The molecule has 0 N–H and O–H groups in total. The predicted octanol–water partition coefficient (Wildman–Crippen LogP) is 4.34. The van der Waals surface area contributed by atoms with Crippen molar-refractivity contribution in [2.45, 2.75) is 26.2 Å². The summed E-state index contributed by atoms with van der Waals surface area (Å²) in [5.41, 5.74) is 3.93. The van der Waals surface area contributed by atoms with Crippen LogP contribution in [0.25, 0.3) is 0 Å². The van der Waals surface area contributed by atoms with Gasteiger partial charge in [0.15, 0.2) is 0 Å². The van der Waals surface area contributed by atoms with E-state index in [9.17, 15) is 4.79 Å². The van der Waals surface area contributed by atoms with E-state index in [0.717, 1.165) is 22.3 Å². The number of pyridine rings is 1. The summed E-state index contributed by atoms with van der Waals surface area (Å²) in [7, 11) is 0. The fraction of sp³-hybridized carbons (Fsp3) is 0.174. The highest BCUT2D eigenvalue weighted by atomic mass is 16.5. The van der Waals surface area contributed by atoms with Crippen molar-refractivity contribution in [2.24, 2.45) is 0 Å². The molecule has 2 aromatic carbocycles. The van der Waals surface area contributed by atoms with E-state index in [2.05, 4.69) is 6.58 Å². The van der Waals surface area contributed by atoms with E-state index in [1.807, 2.05) is 72.9 Å². The number of ether oxygens (including phenoxy) is 1. The molecule has 26 heavy (non-hydrogen) atoms. The molecule has 132 valence electrons. The summed E-state index contributed by atoms with van der Waals surface area (Å²) in [5.74, 6) is 0. The van der Waals surface area contributed by atoms with Crippen molar-refractivity contribution in [1.82, 2.24) is 4.57 Å². The Morgan fingerprint density at radius 3 is 2.19 bits per heavy atom. The van der Waals surface area contributed by atoms with Crippen LogP contribution in [0, 0.1) is 0 Å². The van der Waals surface area contributed by atoms with Crippen LogP contribution in [0.1, 0.15) is 22.3 Å². The van der Waals surface area contributed by atoms with Crippen LogP contribution in [0.5, 0.6) is 0 Å². The number of rotatable bonds is 8. The number of benzene rings is 2. The zero-order valence-electron chi connectivity index (χ0n) is 14.8. The van der Waals surface area contributed by atoms with Gasteiger partial charge in [0, 0.05) is 11.8 Å². The van der Waals surface area contributed by atoms with Gasteiger partial charge in [-0.2, -0.15) is 0 Å². The molecule has 0 aliphatic heterocycles. The van der Waals surface area contributed by atoms with E-state index >= 15 is 0 Å². The molecule has 0 bridgehead atoms. The third-order valence-electron chi connectivity index (χ3n) is 4.28. The van der Waals surface area contributed by atoms with Crippen molar-refractivity contribution < 1.29 is 4.74 Å². The average Bonchev–Trinajstić information content (AvgIpc) is 2.68. The van der Waals surface area contributed by atoms with Crippen LogP contribution in [-0.4, -0.2) is 4.57 Å². The summed E-state index contributed by atoms with van der Waals surface area (Å²) >= 11 is 0. The van der Waals surface area contributed by atoms with E-state index in [0.29, 0.717) is 26.2 Å². The first-order chi connectivity index (χ1) is 12.8. The monoisotopic (exact) mass is 345 g/mol. The number of hydrogen-bond donors (Lipinski definition) is 0. The van der Waals surface area contributed by atoms with Gasteiger partial charge in [-0.05, 0) is 29.2 Å². The molecular weight excluding hydrogens is 322 g/mol. The molecule has 0 fully saturated rings. The number of hydrogen-bond acceptors (Lipinski definition) is 2. The lowest BCUT2D eigenvalue weighted by Crippen LogP contribution is -2.25. The van der Waals surface area contributed by atoms with Crippen molar-refractivity contribution in [1.29, 1.82) is 0 Å². The van der Waals surface area contributed by atoms with E-state index in [-0.39, 0.29) is 5.56 Å². The average molecular weight is 345 g/mol. The van der Waals surface area contributed by atoms with Gasteiger partial charge >= 0.3 is 0 Å². The zero-order valence-corrected chi connectivity index (χ0v) is 14.8. The molecule has 0 amide bonds. The maximum atomic E-state index is 12.9. The lowest BCUT2D eigenvalue weighted by atomic mass is 10.1. The topological polar surface area (TPSA) is 31.2 Å². The van der Waals surface area contributed by atoms with Gasteiger partial charge in [-0.15, -0.1) is 6.58 Å². The van der Waals surface area contributed by atoms with Crippen molar-refractivity contribution in [3.05, 3.63) is 118 Å². The van der Waals surface area contributed by atoms with Crippen LogP contribution >= 0.6 is 0 Å². The Balaban J connectivity index is 1.76. The van der Waals surface area contributed by atoms with Crippen molar-refractivity contribution in [3.8, 4) is 0 Å². The number of allylic oxidation sites excluding steroid dienone is 1. The van der Waals surface area contributed by atoms with Crippen LogP contribution in [0.2, 0.25) is 0 Å². The Morgan fingerprint density at radius 1 is 0.885 bits per heavy atom. The highest BCUT2D eigenvalue weighted by Gasteiger charge is 2.10. The molecule has 3 aromatic rings. The molecule has 1 aromatic heterocycles. The minimum Gasteiger partial charge on any atom is -0.372 e. The Bertz CT molecular complexity index is 898. The first-order valence-corrected chi connectivity index (χ1v) is 8.75. The maximum Gasteiger partial charge on any atom is 0.254 e. The normalized spacial score (nSPS) is 10.6. The summed E-state index contributed by atoms with van der Waals surface area (Å²) in [6.07, 6.45) is 4.16. The minimum absolute atomic E-state index is 0.0227. The molecule has 3 heteroatoms. The standard InChI is InChI=1S/C23H23NO2/c1-2-9-22-21(18-26-17-20-12-7-4-8-13-20)14-15-24(23(22)25)16-19-10-5-3-6-11-19/h2-8,10-15H,1,9,16-18H2. The molecule has 3 nitrogen and oxygen atoms in total. The van der Waals surface area contributed by atoms with Gasteiger partial charge in [-0.25, -0.2) is 0 Å². The zero-order chi connectivity index (χ0) is 18.2. The van der Waals surface area contributed by atoms with E-state index in [1.165, 1.54) is 0 Å². The quantitative estimate of drug-likeness (QED) is 0.569. The second kappa shape index (κ2) is 8.97. The highest BCUT2D eigenvalue weighted by Crippen LogP contribution is 2.11. The highest BCUT2D eigenvalue weighted by molar-refractivity contribution is 5.26. The minimum atomic E-state index is 0.0227. The Kier molecular flexibility index (Phi) is 6.18. The molecule has 3 rings (SSSR count). The lowest BCUT2D eigenvalue weighted by Gasteiger charge is -2.13. The molecule has 1 heterocycles. The third-order valence-corrected chi connectivity index (χ3v) is 4.28. The molecule has 0 radical (unpaired) electrons. The van der Waals surface area contributed by atoms with E-state index in [4.69, 9.17) is 4.74 Å². The van der Waals surface area contributed by atoms with Crippen LogP contribution in [0.4, 0.5) is 0 Å². The summed E-state index contributed by atoms with van der Waals surface area (Å²) < 4.78 is 7.57. The third kappa shape index (κ3) is 4.58. The fourth-order valence-corrected chi connectivity index (χ4v) is 2.91. The Morgan fingerprint density at radius 2 is 1.54 bits per heavy atom. The predicted molar refractivity (Wildman–Crippen MR) is 105 cm³/mol. The van der Waals surface area contributed by atoms with Gasteiger partial charge in [0.05, 0.1) is 19.8 Å². The molecule has 0 spiro atoms. The van der Waals surface area contributed by atoms with E-state index in [1.54, 1.807) is 10.6 Å². The second-order valence-electron chi connectivity index (χ2n) is 6.21. The summed E-state index contributed by atoms with van der Waals surface area (Å²) in [4.78, 5) is 12.9. The van der Waals surface area contributed by atoms with Gasteiger partial charge in [0.2, 0.25) is 0 Å². The second-order valence-corrected chi connectivity index (χ2v) is 6.21. The van der Waals surface area contributed by atoms with Gasteiger partial charge in [-0.3, -0.25) is 4.79 Å². The SMILES string of the molecule is C=CCc1c(COCc2ccccc2)ccn(Cc2ccccc2)c1=O. The Hall–Kier alpha value is -2.91. The molecule has 0 aliphatic carbocycles. The van der Waals surface area contributed by atoms with E-state index < -0.39 is 0 Å². The maximum absolute atomic E-state index is 12.9. The van der Waals surface area contributed by atoms with Gasteiger partial charge in [0.25, 0.3) is 5.56 Å². The largest absolute Gasteiger partial charge is 0.372 e. The molecular formula is C23H23NO2. The fourth-order valence-electron chi connectivity index (χ4n) is 2.91. The molecule has 0 saturated heterocycles. The molecule has 0 atom stereocenters. The number of aromatic nitrogens is 1. The first-order valence-electron chi connectivity index (χ1n) is 8.75. The summed E-state index contributed by atoms with van der Waals surface area (Å²) in [6.45, 7) is 5.30. The van der Waals surface area contributed by atoms with Crippen LogP contribution in [-0.2, 0) is 30.9 Å². The van der Waals surface area contributed by atoms with Crippen molar-refractivity contribution in [2.75, 3.05) is 0 Å². The van der Waals surface area contributed by atoms with Crippen LogP contribution in [0.15, 0.2) is 90.4 Å². The summed E-state index contributed by atoms with van der Waals surface area (Å²) in [6, 6.07) is 22.0. The Labute approximate surface area is 154 Å². The lowest BCUT2D eigenvalue weighted by molar-refractivity contribution is 0.106. The number of nitrogens with zero attached hydrogens (tertiary/aromatic N) is 1. The smallest absolute Gasteiger partial charge is 0.254 e. The van der Waals surface area contributed by atoms with Crippen LogP contribution < -0.4 is 5.56 Å². The van der Waals surface area contributed by atoms with Gasteiger partial charge in [0.1, 0.15) is 0 Å². The van der Waals surface area contributed by atoms with Crippen molar-refractivity contribution >= 4 is 0 Å². The first kappa shape index (κ1) is 17.9.